The van der Waals surface area contributed by atoms with Crippen LogP contribution in [0.3, 0.4) is 0 Å². The Morgan fingerprint density at radius 2 is 2.00 bits per heavy atom. The lowest BCUT2D eigenvalue weighted by Crippen LogP contribution is -2.09. The van der Waals surface area contributed by atoms with Crippen molar-refractivity contribution in [3.8, 4) is 0 Å². The van der Waals surface area contributed by atoms with Crippen molar-refractivity contribution in [1.29, 1.82) is 0 Å². The Labute approximate surface area is 66.9 Å². The Kier molecular flexibility index (Phi) is 2.83. The van der Waals surface area contributed by atoms with Gasteiger partial charge in [0.05, 0.1) is 0 Å². The van der Waals surface area contributed by atoms with Crippen LogP contribution in [0, 0.1) is 5.92 Å². The number of aromatic nitrogens is 2. The molecular weight excluding hydrogens is 138 g/mol. The summed E-state index contributed by atoms with van der Waals surface area (Å²) < 4.78 is 0. The molecule has 0 aliphatic carbocycles. The third-order valence-electron chi connectivity index (χ3n) is 1.23. The van der Waals surface area contributed by atoms with Crippen molar-refractivity contribution < 1.29 is 0 Å². The van der Waals surface area contributed by atoms with Crippen LogP contribution in [-0.4, -0.2) is 16.5 Å². The van der Waals surface area contributed by atoms with Gasteiger partial charge in [-0.05, 0) is 12.0 Å². The minimum Gasteiger partial charge on any atom is -0.354 e. The summed E-state index contributed by atoms with van der Waals surface area (Å²) in [5.41, 5.74) is 0. The van der Waals surface area contributed by atoms with Crippen LogP contribution in [0.25, 0.3) is 0 Å². The Morgan fingerprint density at radius 1 is 1.36 bits per heavy atom. The Morgan fingerprint density at radius 3 is 2.55 bits per heavy atom. The van der Waals surface area contributed by atoms with Crippen LogP contribution in [0.5, 0.6) is 0 Å². The van der Waals surface area contributed by atoms with Gasteiger partial charge < -0.3 is 5.32 Å². The summed E-state index contributed by atoms with van der Waals surface area (Å²) in [6.45, 7) is 5.22. The topological polar surface area (TPSA) is 37.8 Å². The molecule has 1 aromatic heterocycles. The van der Waals surface area contributed by atoms with Crippen molar-refractivity contribution in [2.45, 2.75) is 13.8 Å². The quantitative estimate of drug-likeness (QED) is 0.712. The van der Waals surface area contributed by atoms with E-state index >= 15 is 0 Å². The summed E-state index contributed by atoms with van der Waals surface area (Å²) in [6.07, 6.45) is 3.46. The molecule has 0 amide bonds. The van der Waals surface area contributed by atoms with E-state index in [1.807, 2.05) is 0 Å². The number of anilines is 1. The van der Waals surface area contributed by atoms with Gasteiger partial charge in [-0.3, -0.25) is 0 Å². The predicted molar refractivity (Wildman–Crippen MR) is 45.4 cm³/mol. The predicted octanol–water partition coefficient (Wildman–Crippen LogP) is 1.54. The molecule has 60 valence electrons. The van der Waals surface area contributed by atoms with Crippen molar-refractivity contribution in [1.82, 2.24) is 9.97 Å². The number of nitrogens with zero attached hydrogens (tertiary/aromatic N) is 2. The molecule has 0 saturated carbocycles. The molecule has 0 atom stereocenters. The first-order valence-corrected chi connectivity index (χ1v) is 3.80. The molecule has 0 aliphatic rings. The van der Waals surface area contributed by atoms with Crippen molar-refractivity contribution in [3.63, 3.8) is 0 Å². The van der Waals surface area contributed by atoms with Gasteiger partial charge in [0.1, 0.15) is 0 Å². The molecule has 0 saturated heterocycles. The van der Waals surface area contributed by atoms with E-state index in [1.54, 1.807) is 18.5 Å². The highest BCUT2D eigenvalue weighted by atomic mass is 15.1. The van der Waals surface area contributed by atoms with E-state index in [9.17, 15) is 0 Å². The van der Waals surface area contributed by atoms with E-state index in [0.717, 1.165) is 6.54 Å². The largest absolute Gasteiger partial charge is 0.354 e. The van der Waals surface area contributed by atoms with Crippen LogP contribution in [0.1, 0.15) is 13.8 Å². The highest BCUT2D eigenvalue weighted by molar-refractivity contribution is 5.21. The third kappa shape index (κ3) is 2.98. The molecule has 0 bridgehead atoms. The molecule has 0 fully saturated rings. The fraction of sp³-hybridized carbons (Fsp3) is 0.500. The number of nitrogens with one attached hydrogen (secondary N) is 1. The standard InChI is InChI=1S/C8H13N3/c1-7(2)6-11-8-9-4-3-5-10-8/h3-5,7H,6H2,1-2H3,(H,9,10,11). The normalized spacial score (nSPS) is 10.1. The minimum absolute atomic E-state index is 0.624. The molecule has 1 N–H and O–H groups in total. The maximum Gasteiger partial charge on any atom is 0.222 e. The number of rotatable bonds is 3. The van der Waals surface area contributed by atoms with Gasteiger partial charge in [0.15, 0.2) is 0 Å². The lowest BCUT2D eigenvalue weighted by atomic mass is 10.2. The average molecular weight is 151 g/mol. The third-order valence-corrected chi connectivity index (χ3v) is 1.23. The second kappa shape index (κ2) is 3.91. The van der Waals surface area contributed by atoms with Crippen molar-refractivity contribution in [2.24, 2.45) is 5.92 Å². The van der Waals surface area contributed by atoms with Gasteiger partial charge in [-0.1, -0.05) is 13.8 Å². The Hall–Kier alpha value is -1.12. The molecule has 0 unspecified atom stereocenters. The molecule has 0 aliphatic heterocycles. The van der Waals surface area contributed by atoms with Crippen LogP contribution < -0.4 is 5.32 Å². The van der Waals surface area contributed by atoms with Crippen LogP contribution in [-0.2, 0) is 0 Å². The lowest BCUT2D eigenvalue weighted by molar-refractivity contribution is 0.684. The summed E-state index contributed by atoms with van der Waals surface area (Å²) in [4.78, 5) is 8.06. The highest BCUT2D eigenvalue weighted by Crippen LogP contribution is 1.96. The van der Waals surface area contributed by atoms with Gasteiger partial charge in [-0.25, -0.2) is 9.97 Å². The first-order valence-electron chi connectivity index (χ1n) is 3.80. The lowest BCUT2D eigenvalue weighted by Gasteiger charge is -2.05. The second-order valence-corrected chi connectivity index (χ2v) is 2.85. The highest BCUT2D eigenvalue weighted by Gasteiger charge is 1.94. The average Bonchev–Trinajstić information content (AvgIpc) is 2.03. The fourth-order valence-electron chi connectivity index (χ4n) is 0.686. The van der Waals surface area contributed by atoms with Gasteiger partial charge >= 0.3 is 0 Å². The summed E-state index contributed by atoms with van der Waals surface area (Å²) in [6, 6.07) is 1.81. The molecule has 1 heterocycles. The molecule has 0 radical (unpaired) electrons. The second-order valence-electron chi connectivity index (χ2n) is 2.85. The van der Waals surface area contributed by atoms with Crippen LogP contribution >= 0.6 is 0 Å². The molecule has 3 nitrogen and oxygen atoms in total. The fourth-order valence-corrected chi connectivity index (χ4v) is 0.686. The zero-order valence-electron chi connectivity index (χ0n) is 6.91. The summed E-state index contributed by atoms with van der Waals surface area (Å²) in [5, 5.41) is 3.12. The maximum atomic E-state index is 4.03. The van der Waals surface area contributed by atoms with Gasteiger partial charge in [0.2, 0.25) is 5.95 Å². The van der Waals surface area contributed by atoms with Crippen molar-refractivity contribution in [3.05, 3.63) is 18.5 Å². The minimum atomic E-state index is 0.624. The van der Waals surface area contributed by atoms with E-state index < -0.39 is 0 Å². The van der Waals surface area contributed by atoms with E-state index in [0.29, 0.717) is 11.9 Å². The molecule has 0 spiro atoms. The van der Waals surface area contributed by atoms with Crippen molar-refractivity contribution >= 4 is 5.95 Å². The summed E-state index contributed by atoms with van der Waals surface area (Å²) >= 11 is 0. The van der Waals surface area contributed by atoms with Crippen LogP contribution in [0.4, 0.5) is 5.95 Å². The smallest absolute Gasteiger partial charge is 0.222 e. The van der Waals surface area contributed by atoms with E-state index in [2.05, 4.69) is 29.1 Å². The van der Waals surface area contributed by atoms with Gasteiger partial charge in [0, 0.05) is 18.9 Å². The number of hydrogen-bond donors (Lipinski definition) is 1. The Balaban J connectivity index is 2.39. The molecule has 1 aromatic rings. The van der Waals surface area contributed by atoms with Crippen LogP contribution in [0.2, 0.25) is 0 Å². The first-order chi connectivity index (χ1) is 5.29. The SMILES string of the molecule is CC(C)CNc1ncccn1. The zero-order valence-corrected chi connectivity index (χ0v) is 6.91. The van der Waals surface area contributed by atoms with Gasteiger partial charge in [-0.2, -0.15) is 0 Å². The molecule has 0 aromatic carbocycles. The summed E-state index contributed by atoms with van der Waals surface area (Å²) in [7, 11) is 0. The molecule has 1 rings (SSSR count). The molecule has 3 heteroatoms. The monoisotopic (exact) mass is 151 g/mol. The molecular formula is C8H13N3. The van der Waals surface area contributed by atoms with Crippen LogP contribution in [0.15, 0.2) is 18.5 Å². The molecule has 11 heavy (non-hydrogen) atoms. The Bertz CT molecular complexity index is 196. The van der Waals surface area contributed by atoms with E-state index in [4.69, 9.17) is 0 Å². The number of hydrogen-bond acceptors (Lipinski definition) is 3. The van der Waals surface area contributed by atoms with Gasteiger partial charge in [-0.15, -0.1) is 0 Å². The maximum absolute atomic E-state index is 4.03. The first kappa shape index (κ1) is 7.98. The summed E-state index contributed by atoms with van der Waals surface area (Å²) in [5.74, 6) is 1.33. The van der Waals surface area contributed by atoms with E-state index in [1.165, 1.54) is 0 Å². The van der Waals surface area contributed by atoms with E-state index in [-0.39, 0.29) is 0 Å². The zero-order chi connectivity index (χ0) is 8.10. The van der Waals surface area contributed by atoms with Gasteiger partial charge in [0.25, 0.3) is 0 Å². The van der Waals surface area contributed by atoms with Crippen molar-refractivity contribution in [2.75, 3.05) is 11.9 Å².